The molecule has 5 nitrogen and oxygen atoms in total. The van der Waals surface area contributed by atoms with Crippen LogP contribution in [0.4, 0.5) is 0 Å². The number of hydrogen-bond donors (Lipinski definition) is 0. The van der Waals surface area contributed by atoms with Crippen LogP contribution in [0.3, 0.4) is 0 Å². The molecule has 1 aromatic rings. The van der Waals surface area contributed by atoms with E-state index < -0.39 is 6.10 Å². The third-order valence-corrected chi connectivity index (χ3v) is 4.96. The van der Waals surface area contributed by atoms with Gasteiger partial charge in [-0.2, -0.15) is 0 Å². The Bertz CT molecular complexity index is 509. The number of piperidine rings is 1. The van der Waals surface area contributed by atoms with Crippen molar-refractivity contribution >= 4 is 5.91 Å². The Hall–Kier alpha value is -1.43. The average Bonchev–Trinajstić information content (AvgIpc) is 2.64. The Morgan fingerprint density at radius 2 is 1.96 bits per heavy atom. The molecule has 0 bridgehead atoms. The lowest BCUT2D eigenvalue weighted by Gasteiger charge is -2.35. The Kier molecular flexibility index (Phi) is 6.24. The minimum absolute atomic E-state index is 0.0569. The summed E-state index contributed by atoms with van der Waals surface area (Å²) in [5, 5.41) is 0. The summed E-state index contributed by atoms with van der Waals surface area (Å²) in [6, 6.07) is 10.6. The van der Waals surface area contributed by atoms with E-state index in [1.54, 1.807) is 0 Å². The molecule has 1 atom stereocenters. The molecule has 0 aliphatic carbocycles. The fraction of sp³-hybridized carbons (Fsp3) is 0.632. The number of likely N-dealkylation sites (tertiary alicyclic amines) is 1. The van der Waals surface area contributed by atoms with Crippen molar-refractivity contribution in [3.8, 4) is 0 Å². The number of benzene rings is 1. The zero-order valence-electron chi connectivity index (χ0n) is 14.5. The second kappa shape index (κ2) is 8.60. The Morgan fingerprint density at radius 3 is 2.62 bits per heavy atom. The molecule has 0 radical (unpaired) electrons. The quantitative estimate of drug-likeness (QED) is 0.824. The van der Waals surface area contributed by atoms with Crippen LogP contribution in [-0.2, 0) is 20.8 Å². The first-order chi connectivity index (χ1) is 11.7. The Labute approximate surface area is 144 Å². The van der Waals surface area contributed by atoms with Gasteiger partial charge in [-0.3, -0.25) is 9.69 Å². The number of carbonyl (C=O) groups excluding carboxylic acids is 1. The number of hydrogen-bond acceptors (Lipinski definition) is 4. The smallest absolute Gasteiger partial charge is 0.253 e. The van der Waals surface area contributed by atoms with Gasteiger partial charge in [0.1, 0.15) is 0 Å². The van der Waals surface area contributed by atoms with Gasteiger partial charge in [-0.15, -0.1) is 0 Å². The number of rotatable bonds is 5. The van der Waals surface area contributed by atoms with Crippen molar-refractivity contribution in [3.63, 3.8) is 0 Å². The van der Waals surface area contributed by atoms with E-state index in [1.165, 1.54) is 5.56 Å². The van der Waals surface area contributed by atoms with Gasteiger partial charge < -0.3 is 14.4 Å². The Balaban J connectivity index is 1.40. The van der Waals surface area contributed by atoms with Crippen LogP contribution in [-0.4, -0.2) is 68.3 Å². The van der Waals surface area contributed by atoms with Gasteiger partial charge in [-0.05, 0) is 37.4 Å². The summed E-state index contributed by atoms with van der Waals surface area (Å²) in [5.41, 5.74) is 1.37. The molecule has 0 N–H and O–H groups in total. The molecule has 1 amide bonds. The SMILES string of the molecule is CN(CC1CCN(Cc2ccccc2)CC1)C(=O)[C@@H]1COCCO1. The van der Waals surface area contributed by atoms with Crippen LogP contribution in [0.1, 0.15) is 18.4 Å². The highest BCUT2D eigenvalue weighted by Gasteiger charge is 2.28. The molecular formula is C19H28N2O3. The first-order valence-electron chi connectivity index (χ1n) is 8.93. The summed E-state index contributed by atoms with van der Waals surface area (Å²) in [4.78, 5) is 16.7. The van der Waals surface area contributed by atoms with Gasteiger partial charge in [0.2, 0.25) is 0 Å². The zero-order valence-corrected chi connectivity index (χ0v) is 14.5. The molecule has 132 valence electrons. The summed E-state index contributed by atoms with van der Waals surface area (Å²) >= 11 is 0. The maximum atomic E-state index is 12.4. The summed E-state index contributed by atoms with van der Waals surface area (Å²) in [6.45, 7) is 5.54. The van der Waals surface area contributed by atoms with Crippen LogP contribution >= 0.6 is 0 Å². The fourth-order valence-electron chi connectivity index (χ4n) is 3.52. The van der Waals surface area contributed by atoms with E-state index in [0.29, 0.717) is 25.7 Å². The van der Waals surface area contributed by atoms with Gasteiger partial charge in [0, 0.05) is 20.1 Å². The standard InChI is InChI=1S/C19H28N2O3/c1-20(19(22)18-15-23-11-12-24-18)13-17-7-9-21(10-8-17)14-16-5-3-2-4-6-16/h2-6,17-18H,7-15H2,1H3/t18-/m0/s1. The summed E-state index contributed by atoms with van der Waals surface area (Å²) in [5.74, 6) is 0.636. The molecule has 5 heteroatoms. The predicted octanol–water partition coefficient (Wildman–Crippen LogP) is 1.77. The van der Waals surface area contributed by atoms with E-state index in [2.05, 4.69) is 35.2 Å². The monoisotopic (exact) mass is 332 g/mol. The fourth-order valence-corrected chi connectivity index (χ4v) is 3.52. The van der Waals surface area contributed by atoms with Crippen LogP contribution in [0.2, 0.25) is 0 Å². The molecule has 0 aromatic heterocycles. The minimum Gasteiger partial charge on any atom is -0.376 e. The number of nitrogens with zero attached hydrogens (tertiary/aromatic N) is 2. The largest absolute Gasteiger partial charge is 0.376 e. The lowest BCUT2D eigenvalue weighted by Crippen LogP contribution is -2.46. The van der Waals surface area contributed by atoms with Crippen molar-refractivity contribution in [2.45, 2.75) is 25.5 Å². The molecule has 2 fully saturated rings. The average molecular weight is 332 g/mol. The van der Waals surface area contributed by atoms with Crippen LogP contribution in [0.5, 0.6) is 0 Å². The molecule has 3 rings (SSSR count). The van der Waals surface area contributed by atoms with E-state index in [0.717, 1.165) is 39.0 Å². The molecule has 2 saturated heterocycles. The third-order valence-electron chi connectivity index (χ3n) is 4.96. The first kappa shape index (κ1) is 17.4. The van der Waals surface area contributed by atoms with Crippen LogP contribution in [0.25, 0.3) is 0 Å². The highest BCUT2D eigenvalue weighted by atomic mass is 16.6. The first-order valence-corrected chi connectivity index (χ1v) is 8.93. The maximum Gasteiger partial charge on any atom is 0.253 e. The van der Waals surface area contributed by atoms with Crippen molar-refractivity contribution in [2.75, 3.05) is 46.5 Å². The normalized spacial score (nSPS) is 23.1. The van der Waals surface area contributed by atoms with E-state index in [1.807, 2.05) is 11.9 Å². The lowest BCUT2D eigenvalue weighted by molar-refractivity contribution is -0.157. The highest BCUT2D eigenvalue weighted by molar-refractivity contribution is 5.80. The molecule has 2 aliphatic rings. The van der Waals surface area contributed by atoms with Gasteiger partial charge >= 0.3 is 0 Å². The van der Waals surface area contributed by atoms with Gasteiger partial charge in [0.05, 0.1) is 19.8 Å². The van der Waals surface area contributed by atoms with Crippen LogP contribution in [0, 0.1) is 5.92 Å². The Morgan fingerprint density at radius 1 is 1.21 bits per heavy atom. The van der Waals surface area contributed by atoms with Crippen molar-refractivity contribution in [1.82, 2.24) is 9.80 Å². The van der Waals surface area contributed by atoms with Gasteiger partial charge in [0.25, 0.3) is 5.91 Å². The van der Waals surface area contributed by atoms with Crippen LogP contribution < -0.4 is 0 Å². The van der Waals surface area contributed by atoms with Crippen molar-refractivity contribution in [1.29, 1.82) is 0 Å². The second-order valence-electron chi connectivity index (χ2n) is 6.86. The summed E-state index contributed by atoms with van der Waals surface area (Å²) in [7, 11) is 1.89. The minimum atomic E-state index is -0.415. The zero-order chi connectivity index (χ0) is 16.8. The maximum absolute atomic E-state index is 12.4. The summed E-state index contributed by atoms with van der Waals surface area (Å²) in [6.07, 6.45) is 1.88. The molecule has 24 heavy (non-hydrogen) atoms. The number of amides is 1. The number of likely N-dealkylation sites (N-methyl/N-ethyl adjacent to an activating group) is 1. The third kappa shape index (κ3) is 4.79. The highest BCUT2D eigenvalue weighted by Crippen LogP contribution is 2.20. The summed E-state index contributed by atoms with van der Waals surface area (Å²) < 4.78 is 10.8. The van der Waals surface area contributed by atoms with E-state index in [4.69, 9.17) is 9.47 Å². The van der Waals surface area contributed by atoms with E-state index in [-0.39, 0.29) is 5.91 Å². The molecule has 1 aromatic carbocycles. The molecule has 2 aliphatic heterocycles. The van der Waals surface area contributed by atoms with Crippen molar-refractivity contribution in [2.24, 2.45) is 5.92 Å². The van der Waals surface area contributed by atoms with E-state index in [9.17, 15) is 4.79 Å². The molecule has 2 heterocycles. The molecule has 0 saturated carbocycles. The van der Waals surface area contributed by atoms with Crippen molar-refractivity contribution < 1.29 is 14.3 Å². The number of carbonyl (C=O) groups is 1. The second-order valence-corrected chi connectivity index (χ2v) is 6.86. The van der Waals surface area contributed by atoms with Crippen molar-refractivity contribution in [3.05, 3.63) is 35.9 Å². The topological polar surface area (TPSA) is 42.0 Å². The molecule has 0 spiro atoms. The number of ether oxygens (including phenoxy) is 2. The lowest BCUT2D eigenvalue weighted by atomic mass is 9.95. The molecular weight excluding hydrogens is 304 g/mol. The van der Waals surface area contributed by atoms with E-state index >= 15 is 0 Å². The van der Waals surface area contributed by atoms with Gasteiger partial charge in [0.15, 0.2) is 6.10 Å². The van der Waals surface area contributed by atoms with Crippen LogP contribution in [0.15, 0.2) is 30.3 Å². The van der Waals surface area contributed by atoms with Gasteiger partial charge in [-0.1, -0.05) is 30.3 Å². The van der Waals surface area contributed by atoms with Gasteiger partial charge in [-0.25, -0.2) is 0 Å². The molecule has 0 unspecified atom stereocenters. The predicted molar refractivity (Wildman–Crippen MR) is 92.6 cm³/mol.